The van der Waals surface area contributed by atoms with Crippen LogP contribution in [-0.4, -0.2) is 27.8 Å². The minimum Gasteiger partial charge on any atom is -0.347 e. The number of benzene rings is 2. The van der Waals surface area contributed by atoms with Gasteiger partial charge < -0.3 is 10.3 Å². The van der Waals surface area contributed by atoms with Crippen LogP contribution in [0.3, 0.4) is 0 Å². The van der Waals surface area contributed by atoms with Crippen molar-refractivity contribution < 1.29 is 13.6 Å². The third-order valence-corrected chi connectivity index (χ3v) is 6.33. The number of rotatable bonds is 5. The minimum absolute atomic E-state index is 0.104. The summed E-state index contributed by atoms with van der Waals surface area (Å²) >= 11 is 18.4. The van der Waals surface area contributed by atoms with Crippen LogP contribution >= 0.6 is 34.8 Å². The number of aromatic nitrogens is 2. The first kappa shape index (κ1) is 23.0. The van der Waals surface area contributed by atoms with Gasteiger partial charge in [-0.1, -0.05) is 46.9 Å². The predicted octanol–water partition coefficient (Wildman–Crippen LogP) is 6.94. The first-order chi connectivity index (χ1) is 15.2. The Labute approximate surface area is 199 Å². The van der Waals surface area contributed by atoms with Gasteiger partial charge in [0.2, 0.25) is 5.92 Å². The van der Waals surface area contributed by atoms with E-state index in [-0.39, 0.29) is 37.5 Å². The van der Waals surface area contributed by atoms with Crippen molar-refractivity contribution in [3.63, 3.8) is 0 Å². The van der Waals surface area contributed by atoms with E-state index in [0.29, 0.717) is 38.4 Å². The second kappa shape index (κ2) is 9.38. The van der Waals surface area contributed by atoms with Crippen LogP contribution in [0.4, 0.5) is 8.78 Å². The predicted molar refractivity (Wildman–Crippen MR) is 123 cm³/mol. The largest absolute Gasteiger partial charge is 0.347 e. The second-order valence-corrected chi connectivity index (χ2v) is 9.22. The number of hydrogen-bond donors (Lipinski definition) is 2. The van der Waals surface area contributed by atoms with Gasteiger partial charge in [0.1, 0.15) is 0 Å². The average molecular weight is 499 g/mol. The highest BCUT2D eigenvalue weighted by Crippen LogP contribution is 2.34. The topological polar surface area (TPSA) is 57.8 Å². The maximum Gasteiger partial charge on any atom is 0.287 e. The maximum absolute atomic E-state index is 13.4. The fraction of sp³-hybridized carbons (Fsp3) is 0.304. The average Bonchev–Trinajstić information content (AvgIpc) is 3.15. The lowest BCUT2D eigenvalue weighted by molar-refractivity contribution is -0.0399. The van der Waals surface area contributed by atoms with Gasteiger partial charge in [-0.2, -0.15) is 0 Å². The van der Waals surface area contributed by atoms with Gasteiger partial charge in [0, 0.05) is 46.6 Å². The normalized spacial score (nSPS) is 16.2. The lowest BCUT2D eigenvalue weighted by atomic mass is 9.92. The van der Waals surface area contributed by atoms with Crippen LogP contribution < -0.4 is 5.32 Å². The SMILES string of the molecule is O=C(NC1CCC(F)(F)CC1)c1nc(-c2ccc(Cl)cc2Cl)c(Cc2ccc(Cl)cc2)[nH]1. The van der Waals surface area contributed by atoms with Crippen LogP contribution in [0.15, 0.2) is 42.5 Å². The molecule has 1 aliphatic rings. The fourth-order valence-electron chi connectivity index (χ4n) is 3.79. The van der Waals surface area contributed by atoms with Crippen LogP contribution in [0.5, 0.6) is 0 Å². The maximum atomic E-state index is 13.4. The quantitative estimate of drug-likeness (QED) is 0.400. The Morgan fingerprint density at radius 1 is 1.06 bits per heavy atom. The monoisotopic (exact) mass is 497 g/mol. The molecular weight excluding hydrogens is 479 g/mol. The summed E-state index contributed by atoms with van der Waals surface area (Å²) in [5.41, 5.74) is 2.82. The summed E-state index contributed by atoms with van der Waals surface area (Å²) in [6, 6.07) is 12.1. The second-order valence-electron chi connectivity index (χ2n) is 7.94. The molecule has 0 radical (unpaired) electrons. The lowest BCUT2D eigenvalue weighted by Crippen LogP contribution is -2.40. The summed E-state index contributed by atoms with van der Waals surface area (Å²) in [5.74, 6) is -2.99. The van der Waals surface area contributed by atoms with Gasteiger partial charge in [-0.15, -0.1) is 0 Å². The van der Waals surface area contributed by atoms with Crippen LogP contribution in [-0.2, 0) is 6.42 Å². The molecule has 1 aliphatic carbocycles. The molecule has 0 bridgehead atoms. The number of carbonyl (C=O) groups is 1. The number of halogens is 5. The number of H-pyrrole nitrogens is 1. The zero-order chi connectivity index (χ0) is 22.9. The zero-order valence-corrected chi connectivity index (χ0v) is 19.2. The smallest absolute Gasteiger partial charge is 0.287 e. The summed E-state index contributed by atoms with van der Waals surface area (Å²) < 4.78 is 26.8. The summed E-state index contributed by atoms with van der Waals surface area (Å²) in [6.07, 6.45) is 0.453. The number of hydrogen-bond acceptors (Lipinski definition) is 2. The molecule has 32 heavy (non-hydrogen) atoms. The Morgan fingerprint density at radius 3 is 2.38 bits per heavy atom. The Kier molecular flexibility index (Phi) is 6.75. The van der Waals surface area contributed by atoms with E-state index >= 15 is 0 Å². The third-order valence-electron chi connectivity index (χ3n) is 5.53. The lowest BCUT2D eigenvalue weighted by Gasteiger charge is -2.28. The van der Waals surface area contributed by atoms with E-state index in [1.54, 1.807) is 30.3 Å². The Morgan fingerprint density at radius 2 is 1.72 bits per heavy atom. The van der Waals surface area contributed by atoms with E-state index in [2.05, 4.69) is 15.3 Å². The Hall–Kier alpha value is -2.15. The molecule has 1 aromatic heterocycles. The molecule has 4 nitrogen and oxygen atoms in total. The molecule has 4 rings (SSSR count). The molecule has 0 aliphatic heterocycles. The number of alkyl halides is 2. The number of carbonyl (C=O) groups excluding carboxylic acids is 1. The van der Waals surface area contributed by atoms with E-state index in [1.807, 2.05) is 12.1 Å². The molecule has 2 N–H and O–H groups in total. The Balaban J connectivity index is 1.62. The summed E-state index contributed by atoms with van der Waals surface area (Å²) in [7, 11) is 0. The van der Waals surface area contributed by atoms with Crippen molar-refractivity contribution in [3.05, 3.63) is 74.6 Å². The molecule has 1 saturated carbocycles. The van der Waals surface area contributed by atoms with Crippen LogP contribution in [0.1, 0.15) is 47.6 Å². The van der Waals surface area contributed by atoms with Gasteiger partial charge >= 0.3 is 0 Å². The summed E-state index contributed by atoms with van der Waals surface area (Å²) in [4.78, 5) is 20.4. The minimum atomic E-state index is -2.66. The van der Waals surface area contributed by atoms with Gasteiger partial charge in [0.15, 0.2) is 5.82 Å². The van der Waals surface area contributed by atoms with E-state index < -0.39 is 11.8 Å². The molecule has 0 spiro atoms. The van der Waals surface area contributed by atoms with E-state index in [0.717, 1.165) is 5.56 Å². The first-order valence-electron chi connectivity index (χ1n) is 10.2. The molecule has 0 atom stereocenters. The fourth-order valence-corrected chi connectivity index (χ4v) is 4.42. The van der Waals surface area contributed by atoms with E-state index in [4.69, 9.17) is 34.8 Å². The van der Waals surface area contributed by atoms with Gasteiger partial charge in [0.25, 0.3) is 5.91 Å². The molecule has 168 valence electrons. The zero-order valence-electron chi connectivity index (χ0n) is 16.9. The highest BCUT2D eigenvalue weighted by Gasteiger charge is 2.35. The van der Waals surface area contributed by atoms with E-state index in [1.165, 1.54) is 0 Å². The van der Waals surface area contributed by atoms with Crippen molar-refractivity contribution in [1.29, 1.82) is 0 Å². The number of nitrogens with one attached hydrogen (secondary N) is 2. The van der Waals surface area contributed by atoms with Gasteiger partial charge in [-0.05, 0) is 48.7 Å². The summed E-state index contributed by atoms with van der Waals surface area (Å²) in [5, 5.41) is 4.34. The highest BCUT2D eigenvalue weighted by atomic mass is 35.5. The van der Waals surface area contributed by atoms with Gasteiger partial charge in [0.05, 0.1) is 10.7 Å². The van der Waals surface area contributed by atoms with Crippen molar-refractivity contribution in [2.75, 3.05) is 0 Å². The van der Waals surface area contributed by atoms with Crippen molar-refractivity contribution >= 4 is 40.7 Å². The molecule has 9 heteroatoms. The van der Waals surface area contributed by atoms with E-state index in [9.17, 15) is 13.6 Å². The molecule has 3 aromatic rings. The molecule has 2 aromatic carbocycles. The number of amides is 1. The first-order valence-corrected chi connectivity index (χ1v) is 11.3. The molecule has 1 fully saturated rings. The highest BCUT2D eigenvalue weighted by molar-refractivity contribution is 6.36. The molecule has 0 saturated heterocycles. The van der Waals surface area contributed by atoms with Gasteiger partial charge in [-0.25, -0.2) is 13.8 Å². The van der Waals surface area contributed by atoms with Gasteiger partial charge in [-0.3, -0.25) is 4.79 Å². The number of nitrogens with zero attached hydrogens (tertiary/aromatic N) is 1. The Bertz CT molecular complexity index is 1120. The molecule has 0 unspecified atom stereocenters. The van der Waals surface area contributed by atoms with Crippen LogP contribution in [0.25, 0.3) is 11.3 Å². The molecule has 1 amide bonds. The van der Waals surface area contributed by atoms with Crippen molar-refractivity contribution in [2.45, 2.75) is 44.1 Å². The molecular formula is C23H20Cl3F2N3O. The number of aromatic amines is 1. The third kappa shape index (κ3) is 5.42. The van der Waals surface area contributed by atoms with Crippen molar-refractivity contribution in [2.24, 2.45) is 0 Å². The number of imidazole rings is 1. The van der Waals surface area contributed by atoms with Crippen molar-refractivity contribution in [1.82, 2.24) is 15.3 Å². The molecule has 1 heterocycles. The van der Waals surface area contributed by atoms with Crippen LogP contribution in [0.2, 0.25) is 15.1 Å². The van der Waals surface area contributed by atoms with Crippen molar-refractivity contribution in [3.8, 4) is 11.3 Å². The standard InChI is InChI=1S/C23H20Cl3F2N3O/c24-14-3-1-13(2-4-14)11-19-20(17-6-5-15(25)12-18(17)26)31-21(30-19)22(32)29-16-7-9-23(27,28)10-8-16/h1-6,12,16H,7-11H2,(H,29,32)(H,30,31). The van der Waals surface area contributed by atoms with Crippen LogP contribution in [0, 0.1) is 0 Å². The summed E-state index contributed by atoms with van der Waals surface area (Å²) in [6.45, 7) is 0.